The molecule has 0 aliphatic carbocycles. The number of halogens is 3. The van der Waals surface area contributed by atoms with Crippen LogP contribution in [0.1, 0.15) is 63.2 Å². The van der Waals surface area contributed by atoms with Crippen LogP contribution in [0.15, 0.2) is 53.4 Å². The highest BCUT2D eigenvalue weighted by Crippen LogP contribution is 2.29. The molecule has 1 aliphatic rings. The number of carbonyl (C=O) groups excluding carboxylic acids is 2. The highest BCUT2D eigenvalue weighted by molar-refractivity contribution is 7.89. The lowest BCUT2D eigenvalue weighted by Crippen LogP contribution is -2.48. The molecular formula is C32H44F3N3O7S. The average molecular weight is 672 g/mol. The van der Waals surface area contributed by atoms with Gasteiger partial charge in [-0.15, -0.1) is 0 Å². The Kier molecular flexibility index (Phi) is 13.4. The summed E-state index contributed by atoms with van der Waals surface area (Å²) < 4.78 is 78.1. The van der Waals surface area contributed by atoms with E-state index < -0.39 is 58.9 Å². The van der Waals surface area contributed by atoms with E-state index in [-0.39, 0.29) is 47.7 Å². The second-order valence-electron chi connectivity index (χ2n) is 11.8. The molecule has 0 bridgehead atoms. The predicted octanol–water partition coefficient (Wildman–Crippen LogP) is 5.08. The largest absolute Gasteiger partial charge is 0.490 e. The van der Waals surface area contributed by atoms with Gasteiger partial charge in [-0.25, -0.2) is 8.42 Å². The van der Waals surface area contributed by atoms with Crippen LogP contribution in [0.3, 0.4) is 0 Å². The molecule has 14 heteroatoms. The molecule has 1 aliphatic heterocycles. The third-order valence-electron chi connectivity index (χ3n) is 7.86. The average Bonchev–Trinajstić information content (AvgIpc) is 3.01. The Labute approximate surface area is 268 Å². The van der Waals surface area contributed by atoms with Crippen LogP contribution >= 0.6 is 0 Å². The molecule has 4 atom stereocenters. The highest BCUT2D eigenvalue weighted by Gasteiger charge is 2.33. The van der Waals surface area contributed by atoms with Crippen LogP contribution in [0.4, 0.5) is 18.9 Å². The zero-order valence-corrected chi connectivity index (χ0v) is 27.4. The number of benzene rings is 2. The summed E-state index contributed by atoms with van der Waals surface area (Å²) >= 11 is 0. The number of fused-ring (bicyclic) bond motifs is 1. The first-order valence-corrected chi connectivity index (χ1v) is 16.8. The Morgan fingerprint density at radius 2 is 1.85 bits per heavy atom. The minimum atomic E-state index is -4.49. The third-order valence-corrected chi connectivity index (χ3v) is 9.70. The lowest BCUT2D eigenvalue weighted by Gasteiger charge is -2.35. The lowest BCUT2D eigenvalue weighted by molar-refractivity contribution is -0.142. The van der Waals surface area contributed by atoms with Crippen molar-refractivity contribution in [1.82, 2.24) is 9.21 Å². The molecular weight excluding hydrogens is 627 g/mol. The molecule has 46 heavy (non-hydrogen) atoms. The van der Waals surface area contributed by atoms with Crippen LogP contribution in [0, 0.1) is 5.92 Å². The summed E-state index contributed by atoms with van der Waals surface area (Å²) in [6.45, 7) is 5.39. The quantitative estimate of drug-likeness (QED) is 0.381. The van der Waals surface area contributed by atoms with Crippen molar-refractivity contribution in [2.45, 2.75) is 82.2 Å². The molecule has 0 saturated heterocycles. The minimum Gasteiger partial charge on any atom is -0.490 e. The summed E-state index contributed by atoms with van der Waals surface area (Å²) in [6.07, 6.45) is -5.46. The number of carbonyl (C=O) groups is 2. The molecule has 0 aromatic heterocycles. The maximum absolute atomic E-state index is 14.2. The fourth-order valence-corrected chi connectivity index (χ4v) is 6.27. The first kappa shape index (κ1) is 37.3. The predicted molar refractivity (Wildman–Crippen MR) is 167 cm³/mol. The van der Waals surface area contributed by atoms with E-state index in [1.807, 2.05) is 13.8 Å². The van der Waals surface area contributed by atoms with E-state index in [4.69, 9.17) is 9.47 Å². The van der Waals surface area contributed by atoms with Gasteiger partial charge in [0.25, 0.3) is 5.91 Å². The first-order valence-electron chi connectivity index (χ1n) is 15.3. The molecule has 2 amide bonds. The highest BCUT2D eigenvalue weighted by atomic mass is 32.2. The molecule has 0 unspecified atom stereocenters. The standard InChI is InChI=1S/C32H44F3N3O7S/c1-22-19-38(23(2)21-39)31(41)27-18-25(36-30(40)15-16-32(33,34)35)13-14-28(27)45-24(3)10-8-9-17-44-29(22)20-37(4)46(42,43)26-11-6-5-7-12-26/h5-7,11-14,18,22-24,29,39H,8-10,15-17,19-21H2,1-4H3,(H,36,40)/t22-,23+,24+,29+/m0/s1. The number of nitrogens with one attached hydrogen (secondary N) is 1. The van der Waals surface area contributed by atoms with Crippen molar-refractivity contribution in [3.63, 3.8) is 0 Å². The van der Waals surface area contributed by atoms with Crippen LogP contribution in [0.5, 0.6) is 5.75 Å². The van der Waals surface area contributed by atoms with Gasteiger partial charge < -0.3 is 24.8 Å². The maximum Gasteiger partial charge on any atom is 0.389 e. The smallest absolute Gasteiger partial charge is 0.389 e. The molecule has 256 valence electrons. The van der Waals surface area contributed by atoms with Crippen LogP contribution < -0.4 is 10.1 Å². The first-order chi connectivity index (χ1) is 21.6. The van der Waals surface area contributed by atoms with Gasteiger partial charge in [-0.1, -0.05) is 25.1 Å². The van der Waals surface area contributed by atoms with Crippen LogP contribution in [-0.4, -0.2) is 92.3 Å². The second kappa shape index (κ2) is 16.6. The number of aliphatic hydroxyl groups is 1. The molecule has 1 heterocycles. The van der Waals surface area contributed by atoms with Gasteiger partial charge in [-0.3, -0.25) is 9.59 Å². The van der Waals surface area contributed by atoms with Crippen molar-refractivity contribution < 1.29 is 45.8 Å². The normalized spacial score (nSPS) is 21.2. The van der Waals surface area contributed by atoms with E-state index >= 15 is 0 Å². The van der Waals surface area contributed by atoms with Gasteiger partial charge >= 0.3 is 6.18 Å². The number of likely N-dealkylation sites (N-methyl/N-ethyl adjacent to an activating group) is 1. The molecule has 0 spiro atoms. The number of anilines is 1. The SMILES string of the molecule is C[C@@H]1CCCCO[C@H](CN(C)S(=O)(=O)c2ccccc2)[C@@H](C)CN([C@H](C)CO)C(=O)c2cc(NC(=O)CCC(F)(F)F)ccc2O1. The summed E-state index contributed by atoms with van der Waals surface area (Å²) in [4.78, 5) is 28.0. The number of alkyl halides is 3. The number of nitrogens with zero attached hydrogens (tertiary/aromatic N) is 2. The number of amides is 2. The van der Waals surface area contributed by atoms with Gasteiger partial charge in [0.15, 0.2) is 0 Å². The van der Waals surface area contributed by atoms with Gasteiger partial charge in [-0.2, -0.15) is 17.5 Å². The molecule has 2 aromatic carbocycles. The van der Waals surface area contributed by atoms with Gasteiger partial charge in [0, 0.05) is 44.8 Å². The van der Waals surface area contributed by atoms with E-state index in [2.05, 4.69) is 5.32 Å². The molecule has 3 rings (SSSR count). The van der Waals surface area contributed by atoms with Crippen molar-refractivity contribution in [2.24, 2.45) is 5.92 Å². The Hall–Kier alpha value is -3.20. The Morgan fingerprint density at radius 3 is 2.50 bits per heavy atom. The Bertz CT molecular complexity index is 1410. The Balaban J connectivity index is 1.94. The molecule has 0 saturated carbocycles. The van der Waals surface area contributed by atoms with Crippen molar-refractivity contribution in [3.05, 3.63) is 54.1 Å². The number of rotatable bonds is 9. The zero-order chi connectivity index (χ0) is 34.1. The van der Waals surface area contributed by atoms with Crippen LogP contribution in [0.2, 0.25) is 0 Å². The fraction of sp³-hybridized carbons (Fsp3) is 0.562. The summed E-state index contributed by atoms with van der Waals surface area (Å²) in [5.74, 6) is -1.57. The van der Waals surface area contributed by atoms with Crippen molar-refractivity contribution in [2.75, 3.05) is 38.7 Å². The Morgan fingerprint density at radius 1 is 1.15 bits per heavy atom. The van der Waals surface area contributed by atoms with E-state index in [0.29, 0.717) is 19.4 Å². The van der Waals surface area contributed by atoms with E-state index in [0.717, 1.165) is 6.42 Å². The minimum absolute atomic E-state index is 0.0120. The van der Waals surface area contributed by atoms with Crippen molar-refractivity contribution in [3.8, 4) is 5.75 Å². The zero-order valence-electron chi connectivity index (χ0n) is 26.6. The van der Waals surface area contributed by atoms with E-state index in [1.54, 1.807) is 25.1 Å². The number of aliphatic hydroxyl groups excluding tert-OH is 1. The molecule has 2 N–H and O–H groups in total. The topological polar surface area (TPSA) is 125 Å². The van der Waals surface area contributed by atoms with Crippen molar-refractivity contribution >= 4 is 27.5 Å². The number of ether oxygens (including phenoxy) is 2. The van der Waals surface area contributed by atoms with Gasteiger partial charge in [0.2, 0.25) is 15.9 Å². The van der Waals surface area contributed by atoms with Gasteiger partial charge in [0.1, 0.15) is 5.75 Å². The summed E-state index contributed by atoms with van der Waals surface area (Å²) in [5.41, 5.74) is 0.182. The van der Waals surface area contributed by atoms with Crippen molar-refractivity contribution in [1.29, 1.82) is 0 Å². The second-order valence-corrected chi connectivity index (χ2v) is 13.8. The fourth-order valence-electron chi connectivity index (χ4n) is 5.07. The van der Waals surface area contributed by atoms with E-state index in [1.165, 1.54) is 46.6 Å². The summed E-state index contributed by atoms with van der Waals surface area (Å²) in [5, 5.41) is 12.5. The third kappa shape index (κ3) is 10.7. The van der Waals surface area contributed by atoms with E-state index in [9.17, 15) is 36.3 Å². The number of sulfonamides is 1. The van der Waals surface area contributed by atoms with Gasteiger partial charge in [0.05, 0.1) is 41.7 Å². The van der Waals surface area contributed by atoms with Crippen LogP contribution in [0.25, 0.3) is 0 Å². The lowest BCUT2D eigenvalue weighted by atomic mass is 10.0. The summed E-state index contributed by atoms with van der Waals surface area (Å²) in [7, 11) is -2.35. The number of hydrogen-bond acceptors (Lipinski definition) is 7. The maximum atomic E-state index is 14.2. The van der Waals surface area contributed by atoms with Gasteiger partial charge in [-0.05, 0) is 63.4 Å². The van der Waals surface area contributed by atoms with Crippen LogP contribution in [-0.2, 0) is 19.6 Å². The molecule has 0 fully saturated rings. The number of hydrogen-bond donors (Lipinski definition) is 2. The molecule has 10 nitrogen and oxygen atoms in total. The molecule has 0 radical (unpaired) electrons. The molecule has 2 aromatic rings. The summed E-state index contributed by atoms with van der Waals surface area (Å²) in [6, 6.07) is 11.7. The monoisotopic (exact) mass is 671 g/mol.